The zero-order valence-electron chi connectivity index (χ0n) is 33.9. The highest BCUT2D eigenvalue weighted by Crippen LogP contribution is 2.39. The van der Waals surface area contributed by atoms with Crippen LogP contribution in [0.1, 0.15) is 0 Å². The molecule has 5 aromatic heterocycles. The molecule has 5 heterocycles. The van der Waals surface area contributed by atoms with Gasteiger partial charge < -0.3 is 8.98 Å². The summed E-state index contributed by atoms with van der Waals surface area (Å²) in [6.45, 7) is 0. The zero-order chi connectivity index (χ0) is 41.4. The van der Waals surface area contributed by atoms with E-state index in [0.717, 1.165) is 105 Å². The molecule has 0 spiro atoms. The molecule has 0 saturated carbocycles. The van der Waals surface area contributed by atoms with Crippen LogP contribution in [0.3, 0.4) is 0 Å². The van der Waals surface area contributed by atoms with Gasteiger partial charge in [0.25, 0.3) is 0 Å². The first kappa shape index (κ1) is 35.2. The van der Waals surface area contributed by atoms with E-state index in [-0.39, 0.29) is 0 Å². The fraction of sp³-hybridized carbons (Fsp3) is 0. The van der Waals surface area contributed by atoms with E-state index in [1.807, 2.05) is 30.5 Å². The van der Waals surface area contributed by atoms with Crippen molar-refractivity contribution >= 4 is 65.7 Å². The van der Waals surface area contributed by atoms with Crippen molar-refractivity contribution in [2.45, 2.75) is 0 Å². The normalized spacial score (nSPS) is 11.8. The van der Waals surface area contributed by atoms with Gasteiger partial charge in [-0.3, -0.25) is 9.55 Å². The van der Waals surface area contributed by atoms with E-state index < -0.39 is 0 Å². The lowest BCUT2D eigenvalue weighted by Crippen LogP contribution is -2.04. The summed E-state index contributed by atoms with van der Waals surface area (Å²) in [5.41, 5.74) is 16.3. The summed E-state index contributed by atoms with van der Waals surface area (Å²) in [5.74, 6) is 0.632. The molecular formula is C57H35N5O. The van der Waals surface area contributed by atoms with Crippen molar-refractivity contribution in [3.8, 4) is 56.4 Å². The Morgan fingerprint density at radius 3 is 1.52 bits per heavy atom. The number of hydrogen-bond donors (Lipinski definition) is 0. The number of para-hydroxylation sites is 2. The van der Waals surface area contributed by atoms with Gasteiger partial charge in [-0.1, -0.05) is 140 Å². The summed E-state index contributed by atoms with van der Waals surface area (Å²) >= 11 is 0. The Labute approximate surface area is 361 Å². The molecule has 0 aliphatic rings. The molecule has 6 heteroatoms. The van der Waals surface area contributed by atoms with Crippen LogP contribution < -0.4 is 0 Å². The second kappa shape index (κ2) is 14.0. The molecular weight excluding hydrogens is 771 g/mol. The van der Waals surface area contributed by atoms with Gasteiger partial charge in [0.2, 0.25) is 5.95 Å². The maximum Gasteiger partial charge on any atom is 0.235 e. The Morgan fingerprint density at radius 2 is 0.873 bits per heavy atom. The van der Waals surface area contributed by atoms with Crippen LogP contribution >= 0.6 is 0 Å². The number of fused-ring (bicyclic) bond motifs is 9. The van der Waals surface area contributed by atoms with E-state index in [2.05, 4.69) is 196 Å². The highest BCUT2D eigenvalue weighted by Gasteiger charge is 2.19. The van der Waals surface area contributed by atoms with Crippen molar-refractivity contribution in [3.05, 3.63) is 212 Å². The predicted molar refractivity (Wildman–Crippen MR) is 258 cm³/mol. The van der Waals surface area contributed by atoms with Gasteiger partial charge in [0.05, 0.1) is 33.5 Å². The van der Waals surface area contributed by atoms with Crippen molar-refractivity contribution in [2.75, 3.05) is 0 Å². The molecule has 0 bridgehead atoms. The molecule has 0 unspecified atom stereocenters. The van der Waals surface area contributed by atoms with Crippen LogP contribution in [0.5, 0.6) is 0 Å². The van der Waals surface area contributed by atoms with Gasteiger partial charge in [-0.25, -0.2) is 9.97 Å². The molecule has 294 valence electrons. The number of furan rings is 1. The smallest absolute Gasteiger partial charge is 0.235 e. The van der Waals surface area contributed by atoms with Gasteiger partial charge in [-0.2, -0.15) is 0 Å². The topological polar surface area (TPSA) is 61.7 Å². The number of rotatable bonds is 6. The first-order valence-corrected chi connectivity index (χ1v) is 21.2. The molecule has 0 amide bonds. The van der Waals surface area contributed by atoms with Gasteiger partial charge in [-0.05, 0) is 89.0 Å². The fourth-order valence-corrected chi connectivity index (χ4v) is 9.45. The van der Waals surface area contributed by atoms with Crippen molar-refractivity contribution in [2.24, 2.45) is 0 Å². The zero-order valence-corrected chi connectivity index (χ0v) is 33.9. The number of aromatic nitrogens is 5. The van der Waals surface area contributed by atoms with Crippen molar-refractivity contribution in [1.82, 2.24) is 24.1 Å². The quantitative estimate of drug-likeness (QED) is 0.168. The van der Waals surface area contributed by atoms with Gasteiger partial charge in [0, 0.05) is 49.9 Å². The first-order valence-electron chi connectivity index (χ1n) is 21.2. The molecule has 0 aliphatic carbocycles. The minimum absolute atomic E-state index is 0.632. The number of hydrogen-bond acceptors (Lipinski definition) is 4. The summed E-state index contributed by atoms with van der Waals surface area (Å²) in [7, 11) is 0. The Bertz CT molecular complexity index is 3860. The molecule has 0 radical (unpaired) electrons. The van der Waals surface area contributed by atoms with E-state index in [1.165, 1.54) is 10.8 Å². The summed E-state index contributed by atoms with van der Waals surface area (Å²) < 4.78 is 10.7. The third-order valence-corrected chi connectivity index (χ3v) is 12.4. The third-order valence-electron chi connectivity index (χ3n) is 12.4. The van der Waals surface area contributed by atoms with Gasteiger partial charge >= 0.3 is 0 Å². The Kier molecular flexibility index (Phi) is 7.80. The molecule has 13 rings (SSSR count). The molecule has 63 heavy (non-hydrogen) atoms. The average molecular weight is 806 g/mol. The SMILES string of the molecule is c1ccc(-c2cc(-c3ccccc3)nc(-n3c4ccccc4c4ccc(-c5cccc(-c6ccc7c8ccccc8n(-c8ccc9oc%10cccnc%10c9c8)c7c6)c5)cc43)n2)cc1. The maximum atomic E-state index is 6.16. The number of pyridine rings is 1. The lowest BCUT2D eigenvalue weighted by molar-refractivity contribution is 0.668. The van der Waals surface area contributed by atoms with E-state index in [0.29, 0.717) is 5.95 Å². The van der Waals surface area contributed by atoms with Crippen LogP contribution in [-0.2, 0) is 0 Å². The summed E-state index contributed by atoms with van der Waals surface area (Å²) in [5, 5.41) is 5.72. The highest BCUT2D eigenvalue weighted by atomic mass is 16.3. The van der Waals surface area contributed by atoms with Crippen LogP contribution in [0.2, 0.25) is 0 Å². The first-order chi connectivity index (χ1) is 31.2. The molecule has 0 fully saturated rings. The van der Waals surface area contributed by atoms with Gasteiger partial charge in [-0.15, -0.1) is 0 Å². The van der Waals surface area contributed by atoms with E-state index in [9.17, 15) is 0 Å². The lowest BCUT2D eigenvalue weighted by atomic mass is 9.97. The Balaban J connectivity index is 0.959. The molecule has 8 aromatic carbocycles. The Morgan fingerprint density at radius 1 is 0.333 bits per heavy atom. The standard InChI is InChI=1S/C57H35N5O/c1-3-13-36(14-4-1)48-35-49(37-15-5-2-6-16-37)60-57(59-48)62-51-22-10-8-20-44(51)46-28-25-41(33-53(46)62)39-18-11-17-38(31-39)40-24-27-45-43-19-7-9-21-50(43)61(52(45)32-40)42-26-29-54-47(34-42)56-55(63-54)23-12-30-58-56/h1-35H. The minimum Gasteiger partial charge on any atom is -0.454 e. The summed E-state index contributed by atoms with van der Waals surface area (Å²) in [6.07, 6.45) is 1.82. The molecule has 13 aromatic rings. The summed E-state index contributed by atoms with van der Waals surface area (Å²) in [4.78, 5) is 15.2. The van der Waals surface area contributed by atoms with Crippen LogP contribution in [0.4, 0.5) is 0 Å². The van der Waals surface area contributed by atoms with E-state index in [4.69, 9.17) is 14.4 Å². The van der Waals surface area contributed by atoms with Crippen LogP contribution in [0.25, 0.3) is 122 Å². The maximum absolute atomic E-state index is 6.16. The number of nitrogens with zero attached hydrogens (tertiary/aromatic N) is 5. The second-order valence-electron chi connectivity index (χ2n) is 16.1. The molecule has 0 N–H and O–H groups in total. The highest BCUT2D eigenvalue weighted by molar-refractivity contribution is 6.12. The van der Waals surface area contributed by atoms with Gasteiger partial charge in [0.15, 0.2) is 5.58 Å². The molecule has 0 saturated heterocycles. The largest absolute Gasteiger partial charge is 0.454 e. The Hall–Kier alpha value is -8.61. The van der Waals surface area contributed by atoms with Gasteiger partial charge in [0.1, 0.15) is 11.1 Å². The van der Waals surface area contributed by atoms with Crippen molar-refractivity contribution < 1.29 is 4.42 Å². The monoisotopic (exact) mass is 805 g/mol. The predicted octanol–water partition coefficient (Wildman–Crippen LogP) is 14.6. The third kappa shape index (κ3) is 5.69. The second-order valence-corrected chi connectivity index (χ2v) is 16.1. The fourth-order valence-electron chi connectivity index (χ4n) is 9.45. The average Bonchev–Trinajstić information content (AvgIpc) is 4.01. The van der Waals surface area contributed by atoms with Crippen LogP contribution in [0.15, 0.2) is 217 Å². The summed E-state index contributed by atoms with van der Waals surface area (Å²) in [6, 6.07) is 72.8. The van der Waals surface area contributed by atoms with Crippen molar-refractivity contribution in [1.29, 1.82) is 0 Å². The molecule has 0 atom stereocenters. The molecule has 6 nitrogen and oxygen atoms in total. The molecule has 0 aliphatic heterocycles. The lowest BCUT2D eigenvalue weighted by Gasteiger charge is -2.12. The number of benzene rings is 8. The van der Waals surface area contributed by atoms with Crippen molar-refractivity contribution in [3.63, 3.8) is 0 Å². The minimum atomic E-state index is 0.632. The van der Waals surface area contributed by atoms with Crippen LogP contribution in [-0.4, -0.2) is 24.1 Å². The van der Waals surface area contributed by atoms with E-state index >= 15 is 0 Å². The van der Waals surface area contributed by atoms with E-state index in [1.54, 1.807) is 0 Å². The van der Waals surface area contributed by atoms with Crippen LogP contribution in [0, 0.1) is 0 Å².